The van der Waals surface area contributed by atoms with E-state index in [1.807, 2.05) is 24.3 Å². The zero-order valence-corrected chi connectivity index (χ0v) is 12.7. The summed E-state index contributed by atoms with van der Waals surface area (Å²) in [6, 6.07) is 16.2. The van der Waals surface area contributed by atoms with Gasteiger partial charge in [0.1, 0.15) is 12.2 Å². The molecule has 0 spiro atoms. The average molecular weight is 311 g/mol. The monoisotopic (exact) mass is 311 g/mol. The minimum atomic E-state index is -0.488. The van der Waals surface area contributed by atoms with Gasteiger partial charge in [0, 0.05) is 5.69 Å². The van der Waals surface area contributed by atoms with Crippen molar-refractivity contribution in [3.05, 3.63) is 60.2 Å². The van der Waals surface area contributed by atoms with E-state index in [1.165, 1.54) is 6.21 Å². The van der Waals surface area contributed by atoms with Gasteiger partial charge in [0.2, 0.25) is 11.8 Å². The molecule has 0 saturated heterocycles. The van der Waals surface area contributed by atoms with E-state index in [9.17, 15) is 9.59 Å². The van der Waals surface area contributed by atoms with Crippen LogP contribution in [0.4, 0.5) is 5.69 Å². The standard InChI is InChI=1S/C17H17N3O3/c1-23-15-9-5-6-13(10-15)12-18-20-17(22)11-16(21)19-14-7-3-2-4-8-14/h2-10,12H,11H2,1H3,(H,19,21)(H,20,22). The first kappa shape index (κ1) is 16.2. The molecule has 0 fully saturated rings. The van der Waals surface area contributed by atoms with Gasteiger partial charge in [-0.2, -0.15) is 5.10 Å². The number of anilines is 1. The molecule has 0 saturated carbocycles. The molecule has 0 aliphatic heterocycles. The fourth-order valence-corrected chi connectivity index (χ4v) is 1.81. The molecule has 0 heterocycles. The fourth-order valence-electron chi connectivity index (χ4n) is 1.81. The Morgan fingerprint density at radius 2 is 1.87 bits per heavy atom. The lowest BCUT2D eigenvalue weighted by Gasteiger charge is -2.04. The van der Waals surface area contributed by atoms with Crippen LogP contribution in [0.15, 0.2) is 59.7 Å². The lowest BCUT2D eigenvalue weighted by atomic mass is 10.2. The number of methoxy groups -OCH3 is 1. The number of amides is 2. The molecule has 2 N–H and O–H groups in total. The second-order valence-electron chi connectivity index (χ2n) is 4.66. The molecule has 2 amide bonds. The van der Waals surface area contributed by atoms with Crippen molar-refractivity contribution in [2.24, 2.45) is 5.10 Å². The van der Waals surface area contributed by atoms with Crippen molar-refractivity contribution in [1.82, 2.24) is 5.43 Å². The third-order valence-corrected chi connectivity index (χ3v) is 2.88. The summed E-state index contributed by atoms with van der Waals surface area (Å²) in [7, 11) is 1.57. The molecule has 0 aromatic heterocycles. The minimum absolute atomic E-state index is 0.301. The Labute approximate surface area is 134 Å². The van der Waals surface area contributed by atoms with Crippen LogP contribution in [0.1, 0.15) is 12.0 Å². The predicted octanol–water partition coefficient (Wildman–Crippen LogP) is 2.17. The number of rotatable bonds is 6. The van der Waals surface area contributed by atoms with Crippen molar-refractivity contribution < 1.29 is 14.3 Å². The number of hydrogen-bond acceptors (Lipinski definition) is 4. The van der Waals surface area contributed by atoms with Gasteiger partial charge in [0.25, 0.3) is 0 Å². The number of carbonyl (C=O) groups excluding carboxylic acids is 2. The Bertz CT molecular complexity index is 699. The predicted molar refractivity (Wildman–Crippen MR) is 88.4 cm³/mol. The minimum Gasteiger partial charge on any atom is -0.497 e. The zero-order chi connectivity index (χ0) is 16.5. The highest BCUT2D eigenvalue weighted by atomic mass is 16.5. The van der Waals surface area contributed by atoms with Crippen molar-refractivity contribution in [2.75, 3.05) is 12.4 Å². The van der Waals surface area contributed by atoms with Gasteiger partial charge in [-0.15, -0.1) is 0 Å². The lowest BCUT2D eigenvalue weighted by Crippen LogP contribution is -2.24. The summed E-state index contributed by atoms with van der Waals surface area (Å²) in [5, 5.41) is 6.44. The van der Waals surface area contributed by atoms with Gasteiger partial charge in [-0.3, -0.25) is 9.59 Å². The van der Waals surface area contributed by atoms with Gasteiger partial charge in [0.05, 0.1) is 13.3 Å². The number of nitrogens with one attached hydrogen (secondary N) is 2. The Morgan fingerprint density at radius 3 is 2.61 bits per heavy atom. The van der Waals surface area contributed by atoms with Crippen LogP contribution in [0.2, 0.25) is 0 Å². The highest BCUT2D eigenvalue weighted by Crippen LogP contribution is 2.10. The van der Waals surface area contributed by atoms with Gasteiger partial charge in [-0.05, 0) is 29.8 Å². The number of nitrogens with zero attached hydrogens (tertiary/aromatic N) is 1. The summed E-state index contributed by atoms with van der Waals surface area (Å²) in [5.74, 6) is -0.189. The van der Waals surface area contributed by atoms with Crippen molar-refractivity contribution in [3.63, 3.8) is 0 Å². The summed E-state index contributed by atoms with van der Waals surface area (Å²) in [6.07, 6.45) is 1.18. The van der Waals surface area contributed by atoms with E-state index in [-0.39, 0.29) is 6.42 Å². The van der Waals surface area contributed by atoms with Crippen molar-refractivity contribution in [1.29, 1.82) is 0 Å². The van der Waals surface area contributed by atoms with Crippen LogP contribution in [0, 0.1) is 0 Å². The summed E-state index contributed by atoms with van der Waals surface area (Å²) in [4.78, 5) is 23.3. The second-order valence-corrected chi connectivity index (χ2v) is 4.66. The van der Waals surface area contributed by atoms with Crippen LogP contribution >= 0.6 is 0 Å². The van der Waals surface area contributed by atoms with E-state index in [4.69, 9.17) is 4.74 Å². The molecule has 2 aromatic rings. The number of hydrogen-bond donors (Lipinski definition) is 2. The van der Waals surface area contributed by atoms with E-state index in [1.54, 1.807) is 37.4 Å². The molecule has 118 valence electrons. The van der Waals surface area contributed by atoms with Crippen molar-refractivity contribution in [2.45, 2.75) is 6.42 Å². The summed E-state index contributed by atoms with van der Waals surface area (Å²) in [6.45, 7) is 0. The maximum Gasteiger partial charge on any atom is 0.249 e. The van der Waals surface area contributed by atoms with Crippen LogP contribution in [0.3, 0.4) is 0 Å². The summed E-state index contributed by atoms with van der Waals surface area (Å²) < 4.78 is 5.09. The van der Waals surface area contributed by atoms with E-state index in [2.05, 4.69) is 15.8 Å². The third-order valence-electron chi connectivity index (χ3n) is 2.88. The molecule has 0 atom stereocenters. The van der Waals surface area contributed by atoms with Crippen molar-refractivity contribution in [3.8, 4) is 5.75 Å². The first-order valence-electron chi connectivity index (χ1n) is 6.98. The molecular formula is C17H17N3O3. The van der Waals surface area contributed by atoms with E-state index < -0.39 is 11.8 Å². The topological polar surface area (TPSA) is 79.8 Å². The molecular weight excluding hydrogens is 294 g/mol. The molecule has 6 heteroatoms. The maximum atomic E-state index is 11.7. The summed E-state index contributed by atoms with van der Waals surface area (Å²) >= 11 is 0. The smallest absolute Gasteiger partial charge is 0.249 e. The molecule has 0 bridgehead atoms. The van der Waals surface area contributed by atoms with Gasteiger partial charge >= 0.3 is 0 Å². The Hall–Kier alpha value is -3.15. The van der Waals surface area contributed by atoms with Crippen LogP contribution in [0.25, 0.3) is 0 Å². The molecule has 0 aliphatic rings. The molecule has 2 rings (SSSR count). The van der Waals surface area contributed by atoms with Crippen LogP contribution in [-0.4, -0.2) is 25.1 Å². The van der Waals surface area contributed by atoms with Gasteiger partial charge in [0.15, 0.2) is 0 Å². The Kier molecular flexibility index (Phi) is 5.88. The number of hydrazone groups is 1. The van der Waals surface area contributed by atoms with E-state index >= 15 is 0 Å². The summed E-state index contributed by atoms with van der Waals surface area (Å²) in [5.41, 5.74) is 3.73. The quantitative estimate of drug-likeness (QED) is 0.487. The average Bonchev–Trinajstić information content (AvgIpc) is 2.56. The maximum absolute atomic E-state index is 11.7. The fraction of sp³-hybridized carbons (Fsp3) is 0.118. The number of ether oxygens (including phenoxy) is 1. The van der Waals surface area contributed by atoms with Crippen molar-refractivity contribution >= 4 is 23.7 Å². The Morgan fingerprint density at radius 1 is 1.09 bits per heavy atom. The number of carbonyl (C=O) groups is 2. The lowest BCUT2D eigenvalue weighted by molar-refractivity contribution is -0.126. The van der Waals surface area contributed by atoms with Crippen LogP contribution in [0.5, 0.6) is 5.75 Å². The van der Waals surface area contributed by atoms with Crippen LogP contribution in [-0.2, 0) is 9.59 Å². The second kappa shape index (κ2) is 8.33. The Balaban J connectivity index is 1.80. The van der Waals surface area contributed by atoms with E-state index in [0.29, 0.717) is 11.4 Å². The first-order valence-corrected chi connectivity index (χ1v) is 6.98. The molecule has 0 aliphatic carbocycles. The van der Waals surface area contributed by atoms with Crippen LogP contribution < -0.4 is 15.5 Å². The highest BCUT2D eigenvalue weighted by Gasteiger charge is 2.08. The molecule has 23 heavy (non-hydrogen) atoms. The van der Waals surface area contributed by atoms with E-state index in [0.717, 1.165) is 5.56 Å². The number of benzene rings is 2. The van der Waals surface area contributed by atoms with Gasteiger partial charge in [-0.25, -0.2) is 5.43 Å². The SMILES string of the molecule is COc1cccc(C=NNC(=O)CC(=O)Nc2ccccc2)c1. The molecule has 6 nitrogen and oxygen atoms in total. The molecule has 0 unspecified atom stereocenters. The van der Waals surface area contributed by atoms with Gasteiger partial charge < -0.3 is 10.1 Å². The third kappa shape index (κ3) is 5.62. The normalized spacial score (nSPS) is 10.3. The zero-order valence-electron chi connectivity index (χ0n) is 12.7. The highest BCUT2D eigenvalue weighted by molar-refractivity contribution is 6.03. The molecule has 2 aromatic carbocycles. The van der Waals surface area contributed by atoms with Gasteiger partial charge in [-0.1, -0.05) is 30.3 Å². The molecule has 0 radical (unpaired) electrons. The first-order chi connectivity index (χ1) is 11.2. The largest absolute Gasteiger partial charge is 0.497 e. The number of para-hydroxylation sites is 1.